The summed E-state index contributed by atoms with van der Waals surface area (Å²) in [5, 5.41) is 31.8. The van der Waals surface area contributed by atoms with Crippen molar-refractivity contribution >= 4 is 51.8 Å². The molecule has 7 rings (SSSR count). The molecule has 6 unspecified atom stereocenters. The van der Waals surface area contributed by atoms with E-state index in [0.717, 1.165) is 16.3 Å². The van der Waals surface area contributed by atoms with Gasteiger partial charge in [-0.05, 0) is 71.7 Å². The molecule has 13 heteroatoms. The average molecular weight is 707 g/mol. The second-order valence-corrected chi connectivity index (χ2v) is 12.8. The van der Waals surface area contributed by atoms with Gasteiger partial charge < -0.3 is 38.8 Å². The molecule has 52 heavy (non-hydrogen) atoms. The number of carboxylic acid groups (broad SMARTS) is 3. The topological polar surface area (TPSA) is 186 Å². The molecule has 0 bridgehead atoms. The van der Waals surface area contributed by atoms with Crippen LogP contribution in [0.1, 0.15) is 36.3 Å². The molecule has 0 radical (unpaired) electrons. The Morgan fingerprint density at radius 1 is 0.827 bits per heavy atom. The van der Waals surface area contributed by atoms with Gasteiger partial charge in [0, 0.05) is 18.5 Å². The van der Waals surface area contributed by atoms with Crippen LogP contribution in [0.25, 0.3) is 27.9 Å². The number of aromatic nitrogens is 1. The lowest BCUT2D eigenvalue weighted by atomic mass is 9.84. The zero-order valence-corrected chi connectivity index (χ0v) is 27.8. The van der Waals surface area contributed by atoms with E-state index in [9.17, 15) is 34.5 Å². The van der Waals surface area contributed by atoms with Gasteiger partial charge in [0.05, 0.1) is 0 Å². The SMILES string of the molecule is CC(C(C/C=C/c1nc2ccccc2o1)c1ccc2c(c1)OCO2)N(Cc1ccc2ccccc2c1)C(=O)C1OC(C(=O)O)C(C(=O)O)C1C(=O)O. The van der Waals surface area contributed by atoms with E-state index in [4.69, 9.17) is 18.6 Å². The minimum absolute atomic E-state index is 0.0254. The van der Waals surface area contributed by atoms with E-state index in [0.29, 0.717) is 40.5 Å². The van der Waals surface area contributed by atoms with Crippen LogP contribution in [-0.2, 0) is 30.5 Å². The van der Waals surface area contributed by atoms with Crippen LogP contribution in [0.2, 0.25) is 0 Å². The van der Waals surface area contributed by atoms with Crippen LogP contribution >= 0.6 is 0 Å². The Labute approximate surface area is 296 Å². The van der Waals surface area contributed by atoms with Crippen LogP contribution in [0.3, 0.4) is 0 Å². The monoisotopic (exact) mass is 706 g/mol. The molecule has 1 saturated heterocycles. The van der Waals surface area contributed by atoms with Crippen molar-refractivity contribution in [3.8, 4) is 11.5 Å². The molecule has 0 spiro atoms. The third kappa shape index (κ3) is 6.65. The lowest BCUT2D eigenvalue weighted by molar-refractivity contribution is -0.162. The zero-order valence-electron chi connectivity index (χ0n) is 27.8. The first kappa shape index (κ1) is 34.2. The van der Waals surface area contributed by atoms with Crippen LogP contribution in [-0.4, -0.2) is 74.1 Å². The van der Waals surface area contributed by atoms with Crippen molar-refractivity contribution in [1.29, 1.82) is 0 Å². The fourth-order valence-electron chi connectivity index (χ4n) is 7.06. The van der Waals surface area contributed by atoms with Gasteiger partial charge in [-0.25, -0.2) is 9.78 Å². The highest BCUT2D eigenvalue weighted by Crippen LogP contribution is 2.40. The van der Waals surface area contributed by atoms with E-state index in [1.807, 2.05) is 84.9 Å². The zero-order chi connectivity index (χ0) is 36.5. The molecule has 1 fully saturated rings. The number of benzene rings is 4. The number of nitrogens with zero attached hydrogens (tertiary/aromatic N) is 2. The third-order valence-electron chi connectivity index (χ3n) is 9.70. The largest absolute Gasteiger partial charge is 0.481 e. The second-order valence-electron chi connectivity index (χ2n) is 12.8. The maximum atomic E-state index is 14.7. The molecule has 1 amide bonds. The molecule has 13 nitrogen and oxygen atoms in total. The predicted octanol–water partition coefficient (Wildman–Crippen LogP) is 5.57. The molecular weight excluding hydrogens is 672 g/mol. The Morgan fingerprint density at radius 2 is 1.54 bits per heavy atom. The van der Waals surface area contributed by atoms with Crippen molar-refractivity contribution in [2.24, 2.45) is 11.8 Å². The van der Waals surface area contributed by atoms with E-state index < -0.39 is 59.8 Å². The maximum absolute atomic E-state index is 14.7. The first-order chi connectivity index (χ1) is 25.1. The Hall–Kier alpha value is -6.21. The summed E-state index contributed by atoms with van der Waals surface area (Å²) in [5.74, 6) is -8.82. The summed E-state index contributed by atoms with van der Waals surface area (Å²) in [7, 11) is 0. The van der Waals surface area contributed by atoms with Gasteiger partial charge in [-0.1, -0.05) is 60.7 Å². The molecule has 6 atom stereocenters. The van der Waals surface area contributed by atoms with Gasteiger partial charge in [0.2, 0.25) is 12.7 Å². The fraction of sp³-hybridized carbons (Fsp3) is 0.256. The normalized spacial score (nSPS) is 20.6. The predicted molar refractivity (Wildman–Crippen MR) is 185 cm³/mol. The van der Waals surface area contributed by atoms with Gasteiger partial charge in [-0.3, -0.25) is 14.4 Å². The summed E-state index contributed by atoms with van der Waals surface area (Å²) in [6.07, 6.45) is -0.00544. The number of oxazole rings is 1. The number of carbonyl (C=O) groups is 4. The number of hydrogen-bond donors (Lipinski definition) is 3. The number of para-hydroxylation sites is 2. The van der Waals surface area contributed by atoms with Crippen molar-refractivity contribution in [3.63, 3.8) is 0 Å². The molecule has 4 aromatic carbocycles. The number of amides is 1. The van der Waals surface area contributed by atoms with Crippen molar-refractivity contribution in [2.75, 3.05) is 6.79 Å². The Kier molecular flexibility index (Phi) is 9.35. The lowest BCUT2D eigenvalue weighted by Crippen LogP contribution is -2.49. The van der Waals surface area contributed by atoms with Gasteiger partial charge in [-0.2, -0.15) is 0 Å². The molecule has 3 N–H and O–H groups in total. The highest BCUT2D eigenvalue weighted by atomic mass is 16.7. The molecule has 3 heterocycles. The van der Waals surface area contributed by atoms with Gasteiger partial charge in [0.1, 0.15) is 17.4 Å². The molecule has 2 aliphatic heterocycles. The van der Waals surface area contributed by atoms with E-state index in [1.165, 1.54) is 4.90 Å². The van der Waals surface area contributed by atoms with Crippen LogP contribution in [0.5, 0.6) is 11.5 Å². The van der Waals surface area contributed by atoms with Crippen LogP contribution < -0.4 is 9.47 Å². The van der Waals surface area contributed by atoms with Crippen LogP contribution in [0.4, 0.5) is 0 Å². The fourth-order valence-corrected chi connectivity index (χ4v) is 7.06. The molecule has 0 saturated carbocycles. The van der Waals surface area contributed by atoms with Crippen LogP contribution in [0, 0.1) is 11.8 Å². The lowest BCUT2D eigenvalue weighted by Gasteiger charge is -2.37. The maximum Gasteiger partial charge on any atom is 0.333 e. The van der Waals surface area contributed by atoms with Crippen molar-refractivity contribution < 1.29 is 53.1 Å². The van der Waals surface area contributed by atoms with E-state index in [1.54, 1.807) is 19.1 Å². The van der Waals surface area contributed by atoms with E-state index in [-0.39, 0.29) is 13.3 Å². The standard InChI is InChI=1S/C39H34N2O11/c1-21(26(25-15-16-29-30(18-25)50-20-49-29)9-6-12-31-40-27-10-4-5-11-28(27)51-31)41(19-22-13-14-23-7-2-3-8-24(23)17-22)36(42)34-32(37(43)44)33(38(45)46)35(52-34)39(47)48/h2-8,10-18,21,26,32-35H,9,19-20H2,1H3,(H,43,44)(H,45,46)(H,47,48)/b12-6+. The first-order valence-electron chi connectivity index (χ1n) is 16.6. The summed E-state index contributed by atoms with van der Waals surface area (Å²) in [4.78, 5) is 57.5. The van der Waals surface area contributed by atoms with Gasteiger partial charge in [-0.15, -0.1) is 0 Å². The molecule has 266 valence electrons. The highest BCUT2D eigenvalue weighted by Gasteiger charge is 2.58. The number of carbonyl (C=O) groups excluding carboxylic acids is 1. The smallest absolute Gasteiger partial charge is 0.333 e. The molecule has 5 aromatic rings. The van der Waals surface area contributed by atoms with E-state index >= 15 is 0 Å². The summed E-state index contributed by atoms with van der Waals surface area (Å²) >= 11 is 0. The van der Waals surface area contributed by atoms with E-state index in [2.05, 4.69) is 4.98 Å². The van der Waals surface area contributed by atoms with Gasteiger partial charge >= 0.3 is 17.9 Å². The minimum Gasteiger partial charge on any atom is -0.481 e. The summed E-state index contributed by atoms with van der Waals surface area (Å²) in [6, 6.07) is 25.4. The third-order valence-corrected chi connectivity index (χ3v) is 9.70. The number of aliphatic carboxylic acids is 3. The molecule has 1 aromatic heterocycles. The molecular formula is C39H34N2O11. The highest BCUT2D eigenvalue weighted by molar-refractivity contribution is 5.94. The first-order valence-corrected chi connectivity index (χ1v) is 16.6. The number of rotatable bonds is 12. The van der Waals surface area contributed by atoms with Gasteiger partial charge in [0.25, 0.3) is 5.91 Å². The Morgan fingerprint density at radius 3 is 2.29 bits per heavy atom. The molecule has 2 aliphatic rings. The number of allylic oxidation sites excluding steroid dienone is 1. The number of fused-ring (bicyclic) bond motifs is 3. The van der Waals surface area contributed by atoms with Crippen molar-refractivity contribution in [1.82, 2.24) is 9.88 Å². The quantitative estimate of drug-likeness (QED) is 0.147. The summed E-state index contributed by atoms with van der Waals surface area (Å²) in [5.41, 5.74) is 2.79. The second kappa shape index (κ2) is 14.2. The molecule has 0 aliphatic carbocycles. The summed E-state index contributed by atoms with van der Waals surface area (Å²) < 4.78 is 22.6. The number of ether oxygens (including phenoxy) is 3. The van der Waals surface area contributed by atoms with Crippen LogP contribution in [0.15, 0.2) is 95.4 Å². The average Bonchev–Trinajstić information content (AvgIpc) is 3.88. The number of carboxylic acids is 3. The Bertz CT molecular complexity index is 2180. The Balaban J connectivity index is 1.29. The van der Waals surface area contributed by atoms with Gasteiger partial charge in [0.15, 0.2) is 29.3 Å². The minimum atomic E-state index is -2.05. The van der Waals surface area contributed by atoms with Crippen molar-refractivity contribution in [3.05, 3.63) is 108 Å². The summed E-state index contributed by atoms with van der Waals surface area (Å²) in [6.45, 7) is 1.83. The number of hydrogen-bond acceptors (Lipinski definition) is 9. The van der Waals surface area contributed by atoms with Crippen molar-refractivity contribution in [2.45, 2.75) is 44.1 Å².